The van der Waals surface area contributed by atoms with E-state index in [1.807, 2.05) is 0 Å². The highest BCUT2D eigenvalue weighted by Crippen LogP contribution is 2.47. The number of nitrogen functional groups attached to an aromatic ring is 2. The van der Waals surface area contributed by atoms with E-state index in [1.54, 1.807) is 0 Å². The molecule has 0 bridgehead atoms. The molecule has 2 heteroatoms. The fraction of sp³-hybridized carbons (Fsp3) is 0.600. The predicted molar refractivity (Wildman–Crippen MR) is 141 cm³/mol. The Balaban J connectivity index is 1.45. The number of nitrogens with two attached hydrogens (primary N) is 2. The summed E-state index contributed by atoms with van der Waals surface area (Å²) in [6, 6.07) is 17.2. The summed E-state index contributed by atoms with van der Waals surface area (Å²) in [6.07, 6.45) is 20.8. The Morgan fingerprint density at radius 1 is 0.625 bits per heavy atom. The van der Waals surface area contributed by atoms with Gasteiger partial charge in [-0.3, -0.25) is 0 Å². The van der Waals surface area contributed by atoms with Crippen LogP contribution >= 0.6 is 0 Å². The molecule has 2 aromatic carbocycles. The SMILES string of the molecule is CCCCCCCCCCCCC1CCC(c2ccc(N)cc2)(c2ccc(N)cc2)CC1. The Morgan fingerprint density at radius 2 is 1.03 bits per heavy atom. The summed E-state index contributed by atoms with van der Waals surface area (Å²) in [5.41, 5.74) is 16.6. The molecule has 32 heavy (non-hydrogen) atoms. The van der Waals surface area contributed by atoms with Gasteiger partial charge in [-0.1, -0.05) is 102 Å². The molecule has 0 spiro atoms. The Bertz CT molecular complexity index is 707. The number of hydrogen-bond donors (Lipinski definition) is 2. The fourth-order valence-corrected chi connectivity index (χ4v) is 5.73. The minimum atomic E-state index is 0.107. The van der Waals surface area contributed by atoms with Crippen molar-refractivity contribution in [2.24, 2.45) is 5.92 Å². The van der Waals surface area contributed by atoms with Gasteiger partial charge < -0.3 is 11.5 Å². The molecule has 0 atom stereocenters. The van der Waals surface area contributed by atoms with Gasteiger partial charge in [0.1, 0.15) is 0 Å². The molecule has 0 amide bonds. The van der Waals surface area contributed by atoms with E-state index in [4.69, 9.17) is 11.5 Å². The Hall–Kier alpha value is -1.96. The number of benzene rings is 2. The highest BCUT2D eigenvalue weighted by Gasteiger charge is 2.38. The molecule has 0 saturated heterocycles. The van der Waals surface area contributed by atoms with Crippen LogP contribution in [0.3, 0.4) is 0 Å². The van der Waals surface area contributed by atoms with E-state index >= 15 is 0 Å². The minimum absolute atomic E-state index is 0.107. The molecule has 3 rings (SSSR count). The largest absolute Gasteiger partial charge is 0.399 e. The molecule has 4 N–H and O–H groups in total. The van der Waals surface area contributed by atoms with Gasteiger partial charge in [-0.15, -0.1) is 0 Å². The lowest BCUT2D eigenvalue weighted by atomic mass is 9.62. The van der Waals surface area contributed by atoms with Crippen LogP contribution in [-0.2, 0) is 5.41 Å². The van der Waals surface area contributed by atoms with Gasteiger partial charge in [0.05, 0.1) is 0 Å². The maximum Gasteiger partial charge on any atom is 0.0314 e. The Kier molecular flexibility index (Phi) is 9.96. The zero-order chi connectivity index (χ0) is 22.7. The lowest BCUT2D eigenvalue weighted by molar-refractivity contribution is 0.250. The van der Waals surface area contributed by atoms with Crippen molar-refractivity contribution in [1.82, 2.24) is 0 Å². The first-order chi connectivity index (χ1) is 15.6. The molecule has 0 aromatic heterocycles. The topological polar surface area (TPSA) is 52.0 Å². The normalized spacial score (nSPS) is 16.3. The maximum atomic E-state index is 5.99. The first kappa shape index (κ1) is 24.7. The van der Waals surface area contributed by atoms with Gasteiger partial charge >= 0.3 is 0 Å². The molecule has 0 unspecified atom stereocenters. The Morgan fingerprint density at radius 3 is 1.47 bits per heavy atom. The second-order valence-corrected chi connectivity index (χ2v) is 10.2. The van der Waals surface area contributed by atoms with Gasteiger partial charge in [0.15, 0.2) is 0 Å². The van der Waals surface area contributed by atoms with Gasteiger partial charge in [0.2, 0.25) is 0 Å². The quantitative estimate of drug-likeness (QED) is 0.245. The molecule has 176 valence electrons. The molecule has 2 aromatic rings. The van der Waals surface area contributed by atoms with E-state index in [2.05, 4.69) is 55.5 Å². The van der Waals surface area contributed by atoms with Crippen molar-refractivity contribution in [2.75, 3.05) is 11.5 Å². The van der Waals surface area contributed by atoms with Gasteiger partial charge in [0.25, 0.3) is 0 Å². The van der Waals surface area contributed by atoms with Crippen LogP contribution in [0.4, 0.5) is 11.4 Å². The molecule has 2 nitrogen and oxygen atoms in total. The number of hydrogen-bond acceptors (Lipinski definition) is 2. The number of rotatable bonds is 13. The van der Waals surface area contributed by atoms with Crippen LogP contribution in [0.15, 0.2) is 48.5 Å². The third-order valence-corrected chi connectivity index (χ3v) is 7.85. The van der Waals surface area contributed by atoms with Crippen LogP contribution in [0.25, 0.3) is 0 Å². The van der Waals surface area contributed by atoms with Gasteiger partial charge in [-0.25, -0.2) is 0 Å². The zero-order valence-corrected chi connectivity index (χ0v) is 20.5. The molecule has 1 aliphatic rings. The second kappa shape index (κ2) is 12.9. The summed E-state index contributed by atoms with van der Waals surface area (Å²) >= 11 is 0. The lowest BCUT2D eigenvalue weighted by Crippen LogP contribution is -2.33. The minimum Gasteiger partial charge on any atom is -0.399 e. The van der Waals surface area contributed by atoms with Crippen LogP contribution in [0.5, 0.6) is 0 Å². The number of anilines is 2. The summed E-state index contributed by atoms with van der Waals surface area (Å²) in [5, 5.41) is 0. The van der Waals surface area contributed by atoms with Crippen molar-refractivity contribution in [1.29, 1.82) is 0 Å². The zero-order valence-electron chi connectivity index (χ0n) is 20.5. The third kappa shape index (κ3) is 7.02. The standard InChI is InChI=1S/C30H46N2/c1-2-3-4-5-6-7-8-9-10-11-12-25-21-23-30(24-22-25,26-13-17-28(31)18-14-26)27-15-19-29(32)20-16-27/h13-20,25H,2-12,21-24,31-32H2,1H3. The molecule has 1 saturated carbocycles. The van der Waals surface area contributed by atoms with Gasteiger partial charge in [-0.2, -0.15) is 0 Å². The summed E-state index contributed by atoms with van der Waals surface area (Å²) < 4.78 is 0. The fourth-order valence-electron chi connectivity index (χ4n) is 5.73. The molecular weight excluding hydrogens is 388 g/mol. The summed E-state index contributed by atoms with van der Waals surface area (Å²) in [4.78, 5) is 0. The molecule has 1 aliphatic carbocycles. The van der Waals surface area contributed by atoms with Crippen molar-refractivity contribution < 1.29 is 0 Å². The summed E-state index contributed by atoms with van der Waals surface area (Å²) in [7, 11) is 0. The van der Waals surface area contributed by atoms with Gasteiger partial charge in [0, 0.05) is 16.8 Å². The third-order valence-electron chi connectivity index (χ3n) is 7.85. The van der Waals surface area contributed by atoms with Crippen LogP contribution in [0, 0.1) is 5.92 Å². The van der Waals surface area contributed by atoms with Crippen molar-refractivity contribution >= 4 is 11.4 Å². The monoisotopic (exact) mass is 434 g/mol. The Labute approximate surface area is 197 Å². The first-order valence-corrected chi connectivity index (χ1v) is 13.4. The number of unbranched alkanes of at least 4 members (excludes halogenated alkanes) is 9. The van der Waals surface area contributed by atoms with Crippen LogP contribution < -0.4 is 11.5 Å². The van der Waals surface area contributed by atoms with Crippen molar-refractivity contribution in [3.63, 3.8) is 0 Å². The molecule has 0 heterocycles. The second-order valence-electron chi connectivity index (χ2n) is 10.2. The molecule has 0 aliphatic heterocycles. The molecular formula is C30H46N2. The van der Waals surface area contributed by atoms with Crippen LogP contribution in [-0.4, -0.2) is 0 Å². The van der Waals surface area contributed by atoms with Crippen molar-refractivity contribution in [3.8, 4) is 0 Å². The molecule has 1 fully saturated rings. The van der Waals surface area contributed by atoms with Gasteiger partial charge in [-0.05, 0) is 67.0 Å². The smallest absolute Gasteiger partial charge is 0.0314 e. The summed E-state index contributed by atoms with van der Waals surface area (Å²) in [6.45, 7) is 2.29. The average molecular weight is 435 g/mol. The van der Waals surface area contributed by atoms with E-state index < -0.39 is 0 Å². The van der Waals surface area contributed by atoms with E-state index in [0.717, 1.165) is 17.3 Å². The van der Waals surface area contributed by atoms with E-state index in [-0.39, 0.29) is 5.41 Å². The highest BCUT2D eigenvalue weighted by molar-refractivity contribution is 5.49. The highest BCUT2D eigenvalue weighted by atomic mass is 14.5. The van der Waals surface area contributed by atoms with E-state index in [9.17, 15) is 0 Å². The van der Waals surface area contributed by atoms with Crippen molar-refractivity contribution in [2.45, 2.75) is 109 Å². The van der Waals surface area contributed by atoms with E-state index in [0.29, 0.717) is 0 Å². The van der Waals surface area contributed by atoms with E-state index in [1.165, 1.54) is 107 Å². The van der Waals surface area contributed by atoms with Crippen LogP contribution in [0.2, 0.25) is 0 Å². The molecule has 0 radical (unpaired) electrons. The predicted octanol–water partition coefficient (Wildman–Crippen LogP) is 8.64. The maximum absolute atomic E-state index is 5.99. The van der Waals surface area contributed by atoms with Crippen LogP contribution in [0.1, 0.15) is 114 Å². The van der Waals surface area contributed by atoms with Crippen molar-refractivity contribution in [3.05, 3.63) is 59.7 Å². The summed E-state index contributed by atoms with van der Waals surface area (Å²) in [5.74, 6) is 0.889. The lowest BCUT2D eigenvalue weighted by Gasteiger charge is -2.41. The first-order valence-electron chi connectivity index (χ1n) is 13.4. The average Bonchev–Trinajstić information content (AvgIpc) is 2.82.